The number of aromatic hydroxyl groups is 1. The molecule has 0 bridgehead atoms. The number of nitrogens with zero attached hydrogens (tertiary/aromatic N) is 1. The summed E-state index contributed by atoms with van der Waals surface area (Å²) in [5.41, 5.74) is 3.26. The molecule has 1 unspecified atom stereocenters. The molecule has 2 aromatic carbocycles. The van der Waals surface area contributed by atoms with E-state index < -0.39 is 12.0 Å². The number of carbonyl (C=O) groups is 1. The Hall–Kier alpha value is -3.06. The fraction of sp³-hybridized carbons (Fsp3) is 0.176. The van der Waals surface area contributed by atoms with Gasteiger partial charge in [0.2, 0.25) is 5.75 Å². The van der Waals surface area contributed by atoms with E-state index >= 15 is 0 Å². The molecule has 7 heteroatoms. The van der Waals surface area contributed by atoms with Gasteiger partial charge in [-0.15, -0.1) is 0 Å². The Morgan fingerprint density at radius 2 is 1.75 bits per heavy atom. The molecule has 0 fully saturated rings. The lowest BCUT2D eigenvalue weighted by atomic mass is 10.1. The minimum atomic E-state index is -1.31. The van der Waals surface area contributed by atoms with Crippen LogP contribution in [0.4, 0.5) is 0 Å². The van der Waals surface area contributed by atoms with Gasteiger partial charge in [-0.2, -0.15) is 5.10 Å². The third-order valence-corrected chi connectivity index (χ3v) is 3.25. The number of aliphatic hydroxyl groups is 1. The molecule has 0 aliphatic rings. The lowest BCUT2D eigenvalue weighted by Gasteiger charge is -2.10. The van der Waals surface area contributed by atoms with Crippen LogP contribution < -0.4 is 14.9 Å². The number of hydrogen-bond acceptors (Lipinski definition) is 6. The first-order valence-electron chi connectivity index (χ1n) is 7.07. The Balaban J connectivity index is 2.07. The SMILES string of the molecule is COc1cc(/C=N/NC(=O)C(O)c2ccccc2)cc(OC)c1O. The number of phenolic OH excluding ortho intramolecular Hbond substituents is 1. The number of nitrogens with one attached hydrogen (secondary N) is 1. The number of rotatable bonds is 6. The molecule has 0 heterocycles. The second-order valence-corrected chi connectivity index (χ2v) is 4.82. The van der Waals surface area contributed by atoms with Crippen molar-refractivity contribution in [1.82, 2.24) is 5.43 Å². The molecule has 0 radical (unpaired) electrons. The summed E-state index contributed by atoms with van der Waals surface area (Å²) in [7, 11) is 2.82. The van der Waals surface area contributed by atoms with Crippen molar-refractivity contribution in [3.8, 4) is 17.2 Å². The quantitative estimate of drug-likeness (QED) is 0.552. The van der Waals surface area contributed by atoms with Crippen LogP contribution in [0.1, 0.15) is 17.2 Å². The van der Waals surface area contributed by atoms with Crippen LogP contribution in [0.15, 0.2) is 47.6 Å². The van der Waals surface area contributed by atoms with Gasteiger partial charge in [-0.25, -0.2) is 5.43 Å². The summed E-state index contributed by atoms with van der Waals surface area (Å²) in [6.45, 7) is 0. The van der Waals surface area contributed by atoms with Gasteiger partial charge >= 0.3 is 0 Å². The molecule has 126 valence electrons. The van der Waals surface area contributed by atoms with Crippen LogP contribution in [0, 0.1) is 0 Å². The second kappa shape index (κ2) is 7.98. The molecule has 7 nitrogen and oxygen atoms in total. The summed E-state index contributed by atoms with van der Waals surface area (Å²) in [4.78, 5) is 11.9. The van der Waals surface area contributed by atoms with Crippen LogP contribution >= 0.6 is 0 Å². The van der Waals surface area contributed by atoms with Crippen LogP contribution in [-0.2, 0) is 4.79 Å². The molecular formula is C17H18N2O5. The second-order valence-electron chi connectivity index (χ2n) is 4.82. The zero-order valence-electron chi connectivity index (χ0n) is 13.3. The van der Waals surface area contributed by atoms with E-state index in [1.807, 2.05) is 0 Å². The molecule has 24 heavy (non-hydrogen) atoms. The molecule has 1 atom stereocenters. The number of hydrogen-bond donors (Lipinski definition) is 3. The van der Waals surface area contributed by atoms with E-state index in [2.05, 4.69) is 10.5 Å². The van der Waals surface area contributed by atoms with Gasteiger partial charge in [-0.1, -0.05) is 30.3 Å². The molecule has 0 aliphatic heterocycles. The number of benzene rings is 2. The Kier molecular flexibility index (Phi) is 5.75. The highest BCUT2D eigenvalue weighted by atomic mass is 16.5. The fourth-order valence-electron chi connectivity index (χ4n) is 2.01. The average Bonchev–Trinajstić information content (AvgIpc) is 2.62. The van der Waals surface area contributed by atoms with Crippen LogP contribution in [0.5, 0.6) is 17.2 Å². The summed E-state index contributed by atoms with van der Waals surface area (Å²) in [5, 5.41) is 23.5. The van der Waals surface area contributed by atoms with E-state index in [1.165, 1.54) is 32.6 Å². The van der Waals surface area contributed by atoms with Crippen LogP contribution in [0.25, 0.3) is 0 Å². The van der Waals surface area contributed by atoms with Crippen LogP contribution in [0.3, 0.4) is 0 Å². The Labute approximate surface area is 139 Å². The molecule has 2 aromatic rings. The van der Waals surface area contributed by atoms with Gasteiger partial charge in [0.25, 0.3) is 5.91 Å². The number of methoxy groups -OCH3 is 2. The lowest BCUT2D eigenvalue weighted by molar-refractivity contribution is -0.129. The Bertz CT molecular complexity index is 706. The van der Waals surface area contributed by atoms with Crippen molar-refractivity contribution in [3.63, 3.8) is 0 Å². The van der Waals surface area contributed by atoms with Crippen molar-refractivity contribution in [2.45, 2.75) is 6.10 Å². The van der Waals surface area contributed by atoms with E-state index in [4.69, 9.17) is 9.47 Å². The number of carbonyl (C=O) groups excluding carboxylic acids is 1. The average molecular weight is 330 g/mol. The molecule has 3 N–H and O–H groups in total. The molecule has 2 rings (SSSR count). The van der Waals surface area contributed by atoms with Crippen molar-refractivity contribution >= 4 is 12.1 Å². The molecule has 1 amide bonds. The standard InChI is InChI=1S/C17H18N2O5/c1-23-13-8-11(9-14(24-2)16(13)21)10-18-19-17(22)15(20)12-6-4-3-5-7-12/h3-10,15,20-21H,1-2H3,(H,19,22)/b18-10+. The maximum Gasteiger partial charge on any atom is 0.273 e. The minimum absolute atomic E-state index is 0.124. The van der Waals surface area contributed by atoms with Crippen molar-refractivity contribution in [2.24, 2.45) is 5.10 Å². The van der Waals surface area contributed by atoms with Crippen molar-refractivity contribution in [1.29, 1.82) is 0 Å². The zero-order valence-corrected chi connectivity index (χ0v) is 13.3. The summed E-state index contributed by atoms with van der Waals surface area (Å²) in [5.74, 6) is -0.353. The van der Waals surface area contributed by atoms with E-state index in [9.17, 15) is 15.0 Å². The Morgan fingerprint density at radius 1 is 1.17 bits per heavy atom. The van der Waals surface area contributed by atoms with Gasteiger partial charge in [-0.3, -0.25) is 4.79 Å². The molecule has 0 saturated carbocycles. The first-order valence-corrected chi connectivity index (χ1v) is 7.07. The zero-order chi connectivity index (χ0) is 17.5. The van der Waals surface area contributed by atoms with Crippen molar-refractivity contribution in [2.75, 3.05) is 14.2 Å². The van der Waals surface area contributed by atoms with Crippen LogP contribution in [0.2, 0.25) is 0 Å². The van der Waals surface area contributed by atoms with Gasteiger partial charge in [-0.05, 0) is 17.7 Å². The van der Waals surface area contributed by atoms with Gasteiger partial charge in [0, 0.05) is 5.56 Å². The van der Waals surface area contributed by atoms with Crippen LogP contribution in [-0.4, -0.2) is 36.6 Å². The molecule has 0 aliphatic carbocycles. The summed E-state index contributed by atoms with van der Waals surface area (Å²) < 4.78 is 10.1. The monoisotopic (exact) mass is 330 g/mol. The first-order chi connectivity index (χ1) is 11.6. The highest BCUT2D eigenvalue weighted by Gasteiger charge is 2.16. The van der Waals surface area contributed by atoms with E-state index in [1.54, 1.807) is 30.3 Å². The fourth-order valence-corrected chi connectivity index (χ4v) is 2.01. The highest BCUT2D eigenvalue weighted by molar-refractivity contribution is 5.86. The summed E-state index contributed by atoms with van der Waals surface area (Å²) >= 11 is 0. The summed E-state index contributed by atoms with van der Waals surface area (Å²) in [6, 6.07) is 11.6. The predicted octanol–water partition coefficient (Wildman–Crippen LogP) is 1.59. The normalized spacial score (nSPS) is 12.0. The number of amides is 1. The van der Waals surface area contributed by atoms with E-state index in [0.717, 1.165) is 0 Å². The van der Waals surface area contributed by atoms with Gasteiger partial charge in [0.1, 0.15) is 0 Å². The van der Waals surface area contributed by atoms with Gasteiger partial charge in [0.15, 0.2) is 17.6 Å². The van der Waals surface area contributed by atoms with E-state index in [-0.39, 0.29) is 17.2 Å². The maximum atomic E-state index is 11.9. The largest absolute Gasteiger partial charge is 0.502 e. The van der Waals surface area contributed by atoms with Gasteiger partial charge < -0.3 is 19.7 Å². The lowest BCUT2D eigenvalue weighted by Crippen LogP contribution is -2.25. The smallest absolute Gasteiger partial charge is 0.273 e. The molecule has 0 aromatic heterocycles. The number of hydrazone groups is 1. The molecule has 0 saturated heterocycles. The minimum Gasteiger partial charge on any atom is -0.502 e. The van der Waals surface area contributed by atoms with E-state index in [0.29, 0.717) is 11.1 Å². The third kappa shape index (κ3) is 4.02. The Morgan fingerprint density at radius 3 is 2.29 bits per heavy atom. The maximum absolute atomic E-state index is 11.9. The summed E-state index contributed by atoms with van der Waals surface area (Å²) in [6.07, 6.45) is 0.0346. The number of ether oxygens (including phenoxy) is 2. The number of phenols is 1. The van der Waals surface area contributed by atoms with Crippen molar-refractivity contribution in [3.05, 3.63) is 53.6 Å². The predicted molar refractivity (Wildman–Crippen MR) is 88.3 cm³/mol. The molecule has 0 spiro atoms. The highest BCUT2D eigenvalue weighted by Crippen LogP contribution is 2.36. The molecular weight excluding hydrogens is 312 g/mol. The van der Waals surface area contributed by atoms with Crippen molar-refractivity contribution < 1.29 is 24.5 Å². The third-order valence-electron chi connectivity index (χ3n) is 3.25. The topological polar surface area (TPSA) is 100 Å². The number of aliphatic hydroxyl groups excluding tert-OH is 1. The van der Waals surface area contributed by atoms with Gasteiger partial charge in [0.05, 0.1) is 20.4 Å². The first kappa shape index (κ1) is 17.3.